The van der Waals surface area contributed by atoms with E-state index < -0.39 is 12.0 Å². The molecule has 1 N–H and O–H groups in total. The number of carboxylic acids is 1. The minimum atomic E-state index is -0.789. The predicted octanol–water partition coefficient (Wildman–Crippen LogP) is 2.03. The van der Waals surface area contributed by atoms with Gasteiger partial charge in [0.2, 0.25) is 11.7 Å². The van der Waals surface area contributed by atoms with E-state index in [-0.39, 0.29) is 5.92 Å². The molecule has 2 aromatic rings. The second-order valence-corrected chi connectivity index (χ2v) is 5.40. The molecule has 21 heavy (non-hydrogen) atoms. The second kappa shape index (κ2) is 5.65. The fraction of sp³-hybridized carbons (Fsp3) is 0.400. The average molecular weight is 287 g/mol. The molecular formula is C15H17N3O3. The van der Waals surface area contributed by atoms with E-state index in [1.165, 1.54) is 0 Å². The summed E-state index contributed by atoms with van der Waals surface area (Å²) in [6.45, 7) is 3.07. The maximum Gasteiger partial charge on any atom is 0.321 e. The van der Waals surface area contributed by atoms with Gasteiger partial charge in [0.15, 0.2) is 0 Å². The first-order valence-corrected chi connectivity index (χ1v) is 7.00. The van der Waals surface area contributed by atoms with Gasteiger partial charge < -0.3 is 9.63 Å². The second-order valence-electron chi connectivity index (χ2n) is 5.40. The normalized spacial score (nSPS) is 22.5. The predicted molar refractivity (Wildman–Crippen MR) is 75.3 cm³/mol. The van der Waals surface area contributed by atoms with E-state index in [2.05, 4.69) is 10.1 Å². The van der Waals surface area contributed by atoms with Gasteiger partial charge in [0.05, 0.1) is 6.54 Å². The van der Waals surface area contributed by atoms with Gasteiger partial charge in [0.1, 0.15) is 6.04 Å². The van der Waals surface area contributed by atoms with E-state index in [1.54, 1.807) is 0 Å². The summed E-state index contributed by atoms with van der Waals surface area (Å²) in [6, 6.07) is 9.09. The van der Waals surface area contributed by atoms with Crippen molar-refractivity contribution in [1.82, 2.24) is 15.0 Å². The lowest BCUT2D eigenvalue weighted by atomic mass is 10.0. The molecule has 1 aliphatic rings. The highest BCUT2D eigenvalue weighted by Gasteiger charge is 2.37. The van der Waals surface area contributed by atoms with Crippen LogP contribution < -0.4 is 0 Å². The maximum atomic E-state index is 11.3. The van der Waals surface area contributed by atoms with E-state index in [0.29, 0.717) is 18.3 Å². The smallest absolute Gasteiger partial charge is 0.321 e. The zero-order chi connectivity index (χ0) is 14.8. The van der Waals surface area contributed by atoms with Crippen molar-refractivity contribution in [1.29, 1.82) is 0 Å². The lowest BCUT2D eigenvalue weighted by Crippen LogP contribution is -2.38. The Morgan fingerprint density at radius 3 is 2.90 bits per heavy atom. The van der Waals surface area contributed by atoms with Gasteiger partial charge in [0.25, 0.3) is 0 Å². The monoisotopic (exact) mass is 287 g/mol. The molecule has 2 atom stereocenters. The molecule has 1 aromatic carbocycles. The third-order valence-electron chi connectivity index (χ3n) is 3.90. The summed E-state index contributed by atoms with van der Waals surface area (Å²) in [4.78, 5) is 17.6. The van der Waals surface area contributed by atoms with Gasteiger partial charge in [-0.2, -0.15) is 4.98 Å². The third kappa shape index (κ3) is 2.80. The van der Waals surface area contributed by atoms with Gasteiger partial charge in [0, 0.05) is 5.56 Å². The zero-order valence-corrected chi connectivity index (χ0v) is 11.8. The molecule has 2 unspecified atom stereocenters. The average Bonchev–Trinajstić information content (AvgIpc) is 3.07. The van der Waals surface area contributed by atoms with Crippen LogP contribution in [-0.2, 0) is 11.3 Å². The molecule has 0 aliphatic carbocycles. The third-order valence-corrected chi connectivity index (χ3v) is 3.90. The molecule has 110 valence electrons. The number of hydrogen-bond donors (Lipinski definition) is 1. The Morgan fingerprint density at radius 2 is 2.19 bits per heavy atom. The molecule has 1 saturated heterocycles. The topological polar surface area (TPSA) is 79.5 Å². The van der Waals surface area contributed by atoms with E-state index >= 15 is 0 Å². The van der Waals surface area contributed by atoms with Crippen molar-refractivity contribution in [2.45, 2.75) is 25.9 Å². The number of aromatic nitrogens is 2. The summed E-state index contributed by atoms with van der Waals surface area (Å²) in [5.41, 5.74) is 0.886. The van der Waals surface area contributed by atoms with Gasteiger partial charge in [-0.25, -0.2) is 0 Å². The number of rotatable bonds is 4. The van der Waals surface area contributed by atoms with Crippen molar-refractivity contribution in [3.63, 3.8) is 0 Å². The Bertz CT molecular complexity index is 626. The number of carbonyl (C=O) groups is 1. The van der Waals surface area contributed by atoms with Crippen LogP contribution in [0, 0.1) is 5.92 Å². The number of carboxylic acid groups (broad SMARTS) is 1. The molecule has 0 bridgehead atoms. The Balaban J connectivity index is 1.74. The van der Waals surface area contributed by atoms with E-state index in [1.807, 2.05) is 42.2 Å². The number of nitrogens with zero attached hydrogens (tertiary/aromatic N) is 3. The van der Waals surface area contributed by atoms with Crippen molar-refractivity contribution < 1.29 is 14.4 Å². The molecule has 6 heteroatoms. The summed E-state index contributed by atoms with van der Waals surface area (Å²) in [7, 11) is 0. The van der Waals surface area contributed by atoms with Crippen LogP contribution in [-0.4, -0.2) is 38.7 Å². The Hall–Kier alpha value is -2.21. The summed E-state index contributed by atoms with van der Waals surface area (Å²) in [6.07, 6.45) is 0.872. The number of likely N-dealkylation sites (tertiary alicyclic amines) is 1. The Labute approximate surface area is 122 Å². The quantitative estimate of drug-likeness (QED) is 0.927. The first-order chi connectivity index (χ1) is 10.1. The van der Waals surface area contributed by atoms with Crippen LogP contribution in [0.1, 0.15) is 19.2 Å². The van der Waals surface area contributed by atoms with Crippen LogP contribution in [0.3, 0.4) is 0 Å². The molecule has 1 aliphatic heterocycles. The maximum absolute atomic E-state index is 11.3. The van der Waals surface area contributed by atoms with Gasteiger partial charge in [-0.15, -0.1) is 0 Å². The molecule has 2 heterocycles. The molecule has 0 saturated carbocycles. The lowest BCUT2D eigenvalue weighted by molar-refractivity contribution is -0.143. The lowest BCUT2D eigenvalue weighted by Gasteiger charge is -2.20. The minimum absolute atomic E-state index is 0.138. The molecule has 0 spiro atoms. The Morgan fingerprint density at radius 1 is 1.43 bits per heavy atom. The molecule has 0 radical (unpaired) electrons. The molecule has 6 nitrogen and oxygen atoms in total. The van der Waals surface area contributed by atoms with Crippen LogP contribution in [0.5, 0.6) is 0 Å². The number of benzene rings is 1. The van der Waals surface area contributed by atoms with Gasteiger partial charge in [-0.05, 0) is 18.9 Å². The summed E-state index contributed by atoms with van der Waals surface area (Å²) < 4.78 is 5.25. The van der Waals surface area contributed by atoms with Crippen molar-refractivity contribution in [2.24, 2.45) is 5.92 Å². The van der Waals surface area contributed by atoms with E-state index in [4.69, 9.17) is 4.52 Å². The van der Waals surface area contributed by atoms with E-state index in [0.717, 1.165) is 18.5 Å². The molecule has 3 rings (SSSR count). The van der Waals surface area contributed by atoms with Crippen molar-refractivity contribution in [3.8, 4) is 11.4 Å². The molecule has 1 aromatic heterocycles. The first-order valence-electron chi connectivity index (χ1n) is 7.00. The minimum Gasteiger partial charge on any atom is -0.480 e. The van der Waals surface area contributed by atoms with Crippen LogP contribution in [0.2, 0.25) is 0 Å². The van der Waals surface area contributed by atoms with Crippen molar-refractivity contribution >= 4 is 5.97 Å². The highest BCUT2D eigenvalue weighted by atomic mass is 16.5. The number of hydrogen-bond acceptors (Lipinski definition) is 5. The fourth-order valence-electron chi connectivity index (χ4n) is 2.80. The number of aliphatic carboxylic acids is 1. The summed E-state index contributed by atoms with van der Waals surface area (Å²) in [5.74, 6) is 0.334. The van der Waals surface area contributed by atoms with Crippen molar-refractivity contribution in [3.05, 3.63) is 36.2 Å². The van der Waals surface area contributed by atoms with Gasteiger partial charge >= 0.3 is 5.97 Å². The largest absolute Gasteiger partial charge is 0.480 e. The fourth-order valence-corrected chi connectivity index (χ4v) is 2.80. The highest BCUT2D eigenvalue weighted by Crippen LogP contribution is 2.26. The Kier molecular flexibility index (Phi) is 3.70. The van der Waals surface area contributed by atoms with Crippen LogP contribution in [0.25, 0.3) is 11.4 Å². The van der Waals surface area contributed by atoms with Gasteiger partial charge in [-0.3, -0.25) is 9.69 Å². The van der Waals surface area contributed by atoms with Crippen LogP contribution >= 0.6 is 0 Å². The summed E-state index contributed by atoms with van der Waals surface area (Å²) in [5, 5.41) is 13.3. The zero-order valence-electron chi connectivity index (χ0n) is 11.8. The first kappa shape index (κ1) is 13.8. The molecule has 1 fully saturated rings. The summed E-state index contributed by atoms with van der Waals surface area (Å²) >= 11 is 0. The SMILES string of the molecule is CC1CCN(Cc2nc(-c3ccccc3)no2)C1C(=O)O. The van der Waals surface area contributed by atoms with Crippen molar-refractivity contribution in [2.75, 3.05) is 6.54 Å². The molecule has 0 amide bonds. The van der Waals surface area contributed by atoms with E-state index in [9.17, 15) is 9.90 Å². The van der Waals surface area contributed by atoms with Gasteiger partial charge in [-0.1, -0.05) is 42.4 Å². The molecular weight excluding hydrogens is 270 g/mol. The van der Waals surface area contributed by atoms with Crippen LogP contribution in [0.4, 0.5) is 0 Å². The highest BCUT2D eigenvalue weighted by molar-refractivity contribution is 5.74. The van der Waals surface area contributed by atoms with Crippen LogP contribution in [0.15, 0.2) is 34.9 Å². The standard InChI is InChI=1S/C15H17N3O3/c1-10-7-8-18(13(10)15(19)20)9-12-16-14(17-21-12)11-5-3-2-4-6-11/h2-6,10,13H,7-9H2,1H3,(H,19,20).